The topological polar surface area (TPSA) is 24.9 Å². The van der Waals surface area contributed by atoms with Gasteiger partial charge in [0.1, 0.15) is 0 Å². The summed E-state index contributed by atoms with van der Waals surface area (Å²) in [5.74, 6) is 0.735. The van der Waals surface area contributed by atoms with Gasteiger partial charge in [-0.2, -0.15) is 0 Å². The number of dihydropyridines is 1. The van der Waals surface area contributed by atoms with Crippen molar-refractivity contribution < 1.29 is 0 Å². The van der Waals surface area contributed by atoms with Gasteiger partial charge in [-0.25, -0.2) is 0 Å². The van der Waals surface area contributed by atoms with Crippen molar-refractivity contribution in [2.75, 3.05) is 0 Å². The Morgan fingerprint density at radius 2 is 1.36 bits per heavy atom. The third-order valence-electron chi connectivity index (χ3n) is 7.55. The van der Waals surface area contributed by atoms with Crippen molar-refractivity contribution in [2.45, 2.75) is 17.9 Å². The van der Waals surface area contributed by atoms with Crippen molar-refractivity contribution in [3.05, 3.63) is 150 Å². The third kappa shape index (κ3) is 3.54. The van der Waals surface area contributed by atoms with Gasteiger partial charge in [-0.15, -0.1) is 0 Å². The van der Waals surface area contributed by atoms with Gasteiger partial charge in [0.05, 0.1) is 11.7 Å². The lowest BCUT2D eigenvalue weighted by atomic mass is 9.69. The molecule has 1 aromatic heterocycles. The first-order valence-electron chi connectivity index (χ1n) is 12.6. The van der Waals surface area contributed by atoms with Crippen LogP contribution in [0.25, 0.3) is 33.5 Å². The molecule has 1 N–H and O–H groups in total. The van der Waals surface area contributed by atoms with E-state index < -0.39 is 0 Å². The molecular weight excluding hydrogens is 436 g/mol. The number of hydrogen-bond donors (Lipinski definition) is 1. The SMILES string of the molecule is C1=CNC(c2cc(-c3ccc4c(c3)C3C=CC=CC3c3ccccc3-4)cc(-c3ccccn3)c2)C=C1. The zero-order chi connectivity index (χ0) is 23.9. The molecule has 0 radical (unpaired) electrons. The second kappa shape index (κ2) is 8.66. The second-order valence-electron chi connectivity index (χ2n) is 9.66. The Morgan fingerprint density at radius 1 is 0.583 bits per heavy atom. The number of rotatable bonds is 3. The van der Waals surface area contributed by atoms with E-state index in [2.05, 4.69) is 120 Å². The van der Waals surface area contributed by atoms with Crippen LogP contribution in [0, 0.1) is 0 Å². The summed E-state index contributed by atoms with van der Waals surface area (Å²) in [6.07, 6.45) is 19.3. The normalized spacial score (nSPS) is 20.8. The largest absolute Gasteiger partial charge is 0.381 e. The number of benzene rings is 3. The number of allylic oxidation sites excluding steroid dienone is 6. The van der Waals surface area contributed by atoms with Gasteiger partial charge in [-0.1, -0.05) is 78.9 Å². The van der Waals surface area contributed by atoms with Crippen LogP contribution in [0.2, 0.25) is 0 Å². The number of pyridine rings is 1. The van der Waals surface area contributed by atoms with Crippen LogP contribution in [-0.4, -0.2) is 4.98 Å². The van der Waals surface area contributed by atoms with E-state index in [1.165, 1.54) is 38.9 Å². The first kappa shape index (κ1) is 20.9. The highest BCUT2D eigenvalue weighted by Crippen LogP contribution is 2.50. The quantitative estimate of drug-likeness (QED) is 0.333. The molecule has 0 saturated heterocycles. The fourth-order valence-electron chi connectivity index (χ4n) is 5.83. The van der Waals surface area contributed by atoms with E-state index in [9.17, 15) is 0 Å². The average Bonchev–Trinajstić information content (AvgIpc) is 2.98. The van der Waals surface area contributed by atoms with Crippen LogP contribution in [0.5, 0.6) is 0 Å². The van der Waals surface area contributed by atoms with E-state index in [4.69, 9.17) is 0 Å². The van der Waals surface area contributed by atoms with Crippen molar-refractivity contribution in [3.8, 4) is 33.5 Å². The van der Waals surface area contributed by atoms with Gasteiger partial charge in [0.2, 0.25) is 0 Å². The molecule has 7 rings (SSSR count). The van der Waals surface area contributed by atoms with Crippen molar-refractivity contribution in [3.63, 3.8) is 0 Å². The van der Waals surface area contributed by atoms with Gasteiger partial charge in [-0.05, 0) is 87.6 Å². The number of nitrogens with zero attached hydrogens (tertiary/aromatic N) is 1. The van der Waals surface area contributed by atoms with E-state index >= 15 is 0 Å². The van der Waals surface area contributed by atoms with Crippen molar-refractivity contribution in [1.29, 1.82) is 0 Å². The van der Waals surface area contributed by atoms with Crippen LogP contribution in [0.15, 0.2) is 134 Å². The highest BCUT2D eigenvalue weighted by molar-refractivity contribution is 5.81. The Labute approximate surface area is 212 Å². The van der Waals surface area contributed by atoms with Crippen LogP contribution in [-0.2, 0) is 0 Å². The molecule has 2 heteroatoms. The molecule has 36 heavy (non-hydrogen) atoms. The number of nitrogens with one attached hydrogen (secondary N) is 1. The molecule has 3 atom stereocenters. The zero-order valence-electron chi connectivity index (χ0n) is 19.9. The Bertz CT molecular complexity index is 1570. The molecule has 0 amide bonds. The smallest absolute Gasteiger partial charge is 0.0702 e. The summed E-state index contributed by atoms with van der Waals surface area (Å²) in [5.41, 5.74) is 11.3. The van der Waals surface area contributed by atoms with E-state index in [0.29, 0.717) is 11.8 Å². The van der Waals surface area contributed by atoms with Gasteiger partial charge in [0, 0.05) is 23.6 Å². The fourth-order valence-corrected chi connectivity index (χ4v) is 5.83. The van der Waals surface area contributed by atoms with Gasteiger partial charge < -0.3 is 5.32 Å². The van der Waals surface area contributed by atoms with Gasteiger partial charge in [0.15, 0.2) is 0 Å². The molecule has 3 unspecified atom stereocenters. The number of fused-ring (bicyclic) bond motifs is 6. The van der Waals surface area contributed by atoms with Crippen molar-refractivity contribution >= 4 is 0 Å². The predicted octanol–water partition coefficient (Wildman–Crippen LogP) is 8.10. The molecule has 4 aromatic rings. The molecule has 0 fully saturated rings. The first-order chi connectivity index (χ1) is 17.8. The molecule has 172 valence electrons. The summed E-state index contributed by atoms with van der Waals surface area (Å²) < 4.78 is 0. The monoisotopic (exact) mass is 462 g/mol. The Hall–Kier alpha value is -4.43. The molecule has 0 spiro atoms. The lowest BCUT2D eigenvalue weighted by Crippen LogP contribution is -2.16. The lowest BCUT2D eigenvalue weighted by Gasteiger charge is -2.34. The minimum atomic E-state index is 0.137. The molecule has 3 aromatic carbocycles. The first-order valence-corrected chi connectivity index (χ1v) is 12.6. The second-order valence-corrected chi connectivity index (χ2v) is 9.66. The minimum Gasteiger partial charge on any atom is -0.381 e. The summed E-state index contributed by atoms with van der Waals surface area (Å²) in [6.45, 7) is 0. The molecular formula is C34H26N2. The summed E-state index contributed by atoms with van der Waals surface area (Å²) >= 11 is 0. The molecule has 3 aliphatic rings. The van der Waals surface area contributed by atoms with Crippen molar-refractivity contribution in [1.82, 2.24) is 10.3 Å². The maximum absolute atomic E-state index is 4.65. The van der Waals surface area contributed by atoms with Crippen LogP contribution < -0.4 is 5.32 Å². The Morgan fingerprint density at radius 3 is 2.19 bits per heavy atom. The average molecular weight is 463 g/mol. The molecule has 0 bridgehead atoms. The highest BCUT2D eigenvalue weighted by atomic mass is 14.9. The number of hydrogen-bond acceptors (Lipinski definition) is 2. The third-order valence-corrected chi connectivity index (χ3v) is 7.55. The molecule has 0 saturated carbocycles. The lowest BCUT2D eigenvalue weighted by molar-refractivity contribution is 0.720. The van der Waals surface area contributed by atoms with E-state index in [1.54, 1.807) is 0 Å². The summed E-state index contributed by atoms with van der Waals surface area (Å²) in [5, 5.41) is 3.49. The maximum atomic E-state index is 4.65. The van der Waals surface area contributed by atoms with Crippen LogP contribution in [0.1, 0.15) is 34.6 Å². The maximum Gasteiger partial charge on any atom is 0.0702 e. The van der Waals surface area contributed by atoms with Gasteiger partial charge >= 0.3 is 0 Å². The van der Waals surface area contributed by atoms with E-state index in [1.807, 2.05) is 24.5 Å². The highest BCUT2D eigenvalue weighted by Gasteiger charge is 2.31. The summed E-state index contributed by atoms with van der Waals surface area (Å²) in [4.78, 5) is 4.65. The van der Waals surface area contributed by atoms with Crippen LogP contribution >= 0.6 is 0 Å². The van der Waals surface area contributed by atoms with Crippen LogP contribution in [0.3, 0.4) is 0 Å². The molecule has 2 nitrogen and oxygen atoms in total. The van der Waals surface area contributed by atoms with Crippen LogP contribution in [0.4, 0.5) is 0 Å². The van der Waals surface area contributed by atoms with E-state index in [0.717, 1.165) is 11.3 Å². The van der Waals surface area contributed by atoms with Gasteiger partial charge in [0.25, 0.3) is 0 Å². The summed E-state index contributed by atoms with van der Waals surface area (Å²) in [6, 6.07) is 29.0. The molecule has 2 heterocycles. The molecule has 1 aliphatic heterocycles. The zero-order valence-corrected chi connectivity index (χ0v) is 19.9. The minimum absolute atomic E-state index is 0.137. The van der Waals surface area contributed by atoms with Gasteiger partial charge in [-0.3, -0.25) is 4.98 Å². The van der Waals surface area contributed by atoms with Crippen molar-refractivity contribution in [2.24, 2.45) is 0 Å². The summed E-state index contributed by atoms with van der Waals surface area (Å²) in [7, 11) is 0. The predicted molar refractivity (Wildman–Crippen MR) is 148 cm³/mol. The standard InChI is InChI=1S/C34H26N2/c1-2-11-29-27(9-1)28-10-3-4-12-30(28)32-22-23(15-16-31(29)32)24-19-25(33-13-5-7-17-35-33)21-26(20-24)34-14-6-8-18-36-34/h1-22,28,30,33,35H. The number of aromatic nitrogens is 1. The van der Waals surface area contributed by atoms with E-state index in [-0.39, 0.29) is 6.04 Å². The Balaban J connectivity index is 1.39. The Kier molecular flexibility index (Phi) is 5.03. The molecule has 2 aliphatic carbocycles. The fraction of sp³-hybridized carbons (Fsp3) is 0.0882.